The van der Waals surface area contributed by atoms with Crippen molar-refractivity contribution in [3.05, 3.63) is 7.43 Å². The van der Waals surface area contributed by atoms with Crippen LogP contribution in [0.3, 0.4) is 0 Å². The van der Waals surface area contributed by atoms with Crippen molar-refractivity contribution < 1.29 is 37.5 Å². The van der Waals surface area contributed by atoms with Gasteiger partial charge < -0.3 is 12.2 Å². The monoisotopic (exact) mass is 177 g/mol. The molecule has 0 N–H and O–H groups in total. The molecule has 1 radical (unpaired) electrons. The third kappa shape index (κ3) is 49.1. The van der Waals surface area contributed by atoms with Crippen LogP contribution in [0.15, 0.2) is 0 Å². The molecule has 2 heteroatoms. The predicted molar refractivity (Wildman–Crippen MR) is 29.1 cm³/mol. The Kier molecular flexibility index (Phi) is 105. The van der Waals surface area contributed by atoms with E-state index >= 15 is 0 Å². The number of rotatable bonds is 1. The standard InChI is InChI=1S/C3H5O.CH4.CH3.Y/c1-2-3-4;;;/h2H2,1H3;1H4;1H3;/q-1;;-1;. The van der Waals surface area contributed by atoms with Gasteiger partial charge in [0.05, 0.1) is 0 Å². The van der Waals surface area contributed by atoms with Crippen LogP contribution in [0.2, 0.25) is 0 Å². The van der Waals surface area contributed by atoms with Gasteiger partial charge in [0.15, 0.2) is 0 Å². The van der Waals surface area contributed by atoms with Gasteiger partial charge in [0.25, 0.3) is 0 Å². The van der Waals surface area contributed by atoms with Crippen molar-refractivity contribution in [1.29, 1.82) is 0 Å². The normalized spacial score (nSPS) is 3.57. The maximum Gasteiger partial charge on any atom is 0 e. The van der Waals surface area contributed by atoms with Crippen molar-refractivity contribution in [2.75, 3.05) is 0 Å². The van der Waals surface area contributed by atoms with Crippen LogP contribution in [0.4, 0.5) is 0 Å². The first kappa shape index (κ1) is 25.0. The summed E-state index contributed by atoms with van der Waals surface area (Å²) in [6.07, 6.45) is 2.19. The maximum absolute atomic E-state index is 9.05. The Morgan fingerprint density at radius 3 is 1.71 bits per heavy atom. The zero-order valence-corrected chi connectivity index (χ0v) is 7.03. The van der Waals surface area contributed by atoms with Crippen molar-refractivity contribution in [2.24, 2.45) is 0 Å². The van der Waals surface area contributed by atoms with Gasteiger partial charge in [-0.25, -0.2) is 0 Å². The van der Waals surface area contributed by atoms with Gasteiger partial charge in [-0.2, -0.15) is 6.42 Å². The Balaban J connectivity index is -0.0000000150. The van der Waals surface area contributed by atoms with E-state index in [2.05, 4.69) is 0 Å². The summed E-state index contributed by atoms with van der Waals surface area (Å²) in [6, 6.07) is 0. The minimum Gasteiger partial charge on any atom is -0.542 e. The summed E-state index contributed by atoms with van der Waals surface area (Å²) >= 11 is 0. The summed E-state index contributed by atoms with van der Waals surface area (Å²) in [7, 11) is 0. The van der Waals surface area contributed by atoms with E-state index in [1.807, 2.05) is 0 Å². The van der Waals surface area contributed by atoms with E-state index in [0.717, 1.165) is 0 Å². The molecule has 0 saturated heterocycles. The van der Waals surface area contributed by atoms with Gasteiger partial charge in [-0.3, -0.25) is 6.29 Å². The largest absolute Gasteiger partial charge is 0.542 e. The molecule has 0 aliphatic heterocycles. The fourth-order valence-electron chi connectivity index (χ4n) is 0. The van der Waals surface area contributed by atoms with Crippen LogP contribution < -0.4 is 0 Å². The first-order valence-corrected chi connectivity index (χ1v) is 1.26. The first-order chi connectivity index (χ1) is 1.91. The Morgan fingerprint density at radius 1 is 1.57 bits per heavy atom. The molecule has 0 rings (SSSR count). The molecule has 0 saturated carbocycles. The van der Waals surface area contributed by atoms with E-state index in [0.29, 0.717) is 6.42 Å². The second-order valence-electron chi connectivity index (χ2n) is 0.498. The summed E-state index contributed by atoms with van der Waals surface area (Å²) < 4.78 is 0. The molecule has 0 unspecified atom stereocenters. The van der Waals surface area contributed by atoms with Crippen LogP contribution in [-0.4, -0.2) is 6.29 Å². The van der Waals surface area contributed by atoms with Crippen molar-refractivity contribution in [1.82, 2.24) is 0 Å². The average molecular weight is 177 g/mol. The van der Waals surface area contributed by atoms with Gasteiger partial charge in [0.2, 0.25) is 0 Å². The molecule has 0 heterocycles. The molecule has 0 aliphatic rings. The van der Waals surface area contributed by atoms with Crippen LogP contribution >= 0.6 is 0 Å². The van der Waals surface area contributed by atoms with Gasteiger partial charge in [-0.05, 0) is 0 Å². The van der Waals surface area contributed by atoms with Crippen LogP contribution in [0.25, 0.3) is 0 Å². The summed E-state index contributed by atoms with van der Waals surface area (Å²) in [4.78, 5) is 9.05. The van der Waals surface area contributed by atoms with E-state index in [1.54, 1.807) is 13.2 Å². The molecule has 0 aromatic rings. The Bertz CT molecular complexity index is 22.0. The van der Waals surface area contributed by atoms with E-state index in [-0.39, 0.29) is 47.6 Å². The molecule has 7 heavy (non-hydrogen) atoms. The molecule has 0 fully saturated rings. The van der Waals surface area contributed by atoms with Gasteiger partial charge in [-0.1, -0.05) is 14.4 Å². The third-order valence-corrected chi connectivity index (χ3v) is 0.144. The topological polar surface area (TPSA) is 17.1 Å². The minimum atomic E-state index is 0. The van der Waals surface area contributed by atoms with E-state index in [1.165, 1.54) is 0 Å². The Hall–Kier alpha value is 0.774. The van der Waals surface area contributed by atoms with E-state index < -0.39 is 0 Å². The summed E-state index contributed by atoms with van der Waals surface area (Å²) in [5, 5.41) is 0. The van der Waals surface area contributed by atoms with Crippen LogP contribution in [-0.2, 0) is 37.5 Å². The molecule has 0 aliphatic carbocycles. The maximum atomic E-state index is 9.05. The third-order valence-electron chi connectivity index (χ3n) is 0.144. The van der Waals surface area contributed by atoms with Crippen molar-refractivity contribution >= 4 is 6.29 Å². The second kappa shape index (κ2) is 29.3. The SMILES string of the molecule is C.CC[C-]=O.[CH3-].[Y]. The summed E-state index contributed by atoms with van der Waals surface area (Å²) in [5.74, 6) is 0. The molecular formula is C5H12OY-2. The minimum absolute atomic E-state index is 0. The smallest absolute Gasteiger partial charge is 0 e. The number of hydrogen-bond donors (Lipinski definition) is 0. The fourth-order valence-corrected chi connectivity index (χ4v) is 0. The molecule has 1 nitrogen and oxygen atoms in total. The summed E-state index contributed by atoms with van der Waals surface area (Å²) in [5.41, 5.74) is 0. The van der Waals surface area contributed by atoms with Gasteiger partial charge in [0, 0.05) is 32.7 Å². The predicted octanol–water partition coefficient (Wildman–Crippen LogP) is 1.59. The molecule has 0 spiro atoms. The van der Waals surface area contributed by atoms with Gasteiger partial charge in [-0.15, -0.1) is 0 Å². The van der Waals surface area contributed by atoms with Gasteiger partial charge in [0.1, 0.15) is 0 Å². The first-order valence-electron chi connectivity index (χ1n) is 1.26. The van der Waals surface area contributed by atoms with Crippen molar-refractivity contribution in [2.45, 2.75) is 20.8 Å². The zero-order valence-electron chi connectivity index (χ0n) is 4.19. The van der Waals surface area contributed by atoms with Crippen LogP contribution in [0.5, 0.6) is 0 Å². The molecular weight excluding hydrogens is 165 g/mol. The zero-order chi connectivity index (χ0) is 3.41. The molecule has 0 atom stereocenters. The quantitative estimate of drug-likeness (QED) is 0.556. The van der Waals surface area contributed by atoms with Gasteiger partial charge >= 0.3 is 0 Å². The van der Waals surface area contributed by atoms with E-state index in [4.69, 9.17) is 4.79 Å². The summed E-state index contributed by atoms with van der Waals surface area (Å²) in [6.45, 7) is 1.76. The van der Waals surface area contributed by atoms with Crippen molar-refractivity contribution in [3.63, 3.8) is 0 Å². The van der Waals surface area contributed by atoms with Crippen molar-refractivity contribution in [3.8, 4) is 0 Å². The van der Waals surface area contributed by atoms with E-state index in [9.17, 15) is 0 Å². The molecule has 0 aromatic carbocycles. The number of carbonyl (C=O) groups excluding carboxylic acids is 1. The fraction of sp³-hybridized carbons (Fsp3) is 0.600. The average Bonchev–Trinajstić information content (AvgIpc) is 1.37. The molecule has 0 aromatic heterocycles. The Morgan fingerprint density at radius 2 is 1.71 bits per heavy atom. The molecule has 0 bridgehead atoms. The van der Waals surface area contributed by atoms with Crippen LogP contribution in [0, 0.1) is 7.43 Å². The number of hydrogen-bond acceptors (Lipinski definition) is 1. The molecule has 43 valence electrons. The molecule has 0 amide bonds. The van der Waals surface area contributed by atoms with Crippen LogP contribution in [0.1, 0.15) is 20.8 Å². The Labute approximate surface area is 71.8 Å². The second-order valence-corrected chi connectivity index (χ2v) is 0.498.